The summed E-state index contributed by atoms with van der Waals surface area (Å²) in [6.07, 6.45) is 1.44. The zero-order valence-electron chi connectivity index (χ0n) is 18.4. The van der Waals surface area contributed by atoms with Gasteiger partial charge in [-0.3, -0.25) is 9.59 Å². The molecule has 0 aliphatic rings. The van der Waals surface area contributed by atoms with Crippen LogP contribution in [-0.2, 0) is 14.3 Å². The van der Waals surface area contributed by atoms with Gasteiger partial charge in [0.05, 0.1) is 11.8 Å². The second-order valence-electron chi connectivity index (χ2n) is 7.76. The molecule has 0 spiro atoms. The van der Waals surface area contributed by atoms with E-state index in [1.165, 1.54) is 18.1 Å². The number of benzene rings is 3. The second kappa shape index (κ2) is 9.52. The first-order valence-corrected chi connectivity index (χ1v) is 11.8. The molecule has 2 heterocycles. The van der Waals surface area contributed by atoms with E-state index in [0.717, 1.165) is 21.7 Å². The van der Waals surface area contributed by atoms with Crippen LogP contribution < -0.4 is 5.32 Å². The maximum Gasteiger partial charge on any atom is 0.316 e. The smallest absolute Gasteiger partial charge is 0.316 e. The molecule has 8 heteroatoms. The number of thioether (sulfide) groups is 1. The van der Waals surface area contributed by atoms with Gasteiger partial charge in [-0.15, -0.1) is 0 Å². The number of fused-ring (bicyclic) bond motifs is 4. The highest BCUT2D eigenvalue weighted by Crippen LogP contribution is 2.32. The van der Waals surface area contributed by atoms with Crippen LogP contribution >= 0.6 is 11.8 Å². The second-order valence-corrected chi connectivity index (χ2v) is 8.73. The Morgan fingerprint density at radius 1 is 1.00 bits per heavy atom. The zero-order valence-corrected chi connectivity index (χ0v) is 19.2. The van der Waals surface area contributed by atoms with E-state index in [4.69, 9.17) is 9.15 Å². The summed E-state index contributed by atoms with van der Waals surface area (Å²) in [6, 6.07) is 21.3. The molecule has 0 saturated carbocycles. The molecule has 5 aromatic rings. The molecule has 7 nitrogen and oxygen atoms in total. The van der Waals surface area contributed by atoms with E-state index in [9.17, 15) is 9.59 Å². The van der Waals surface area contributed by atoms with E-state index in [2.05, 4.69) is 15.3 Å². The molecule has 34 heavy (non-hydrogen) atoms. The van der Waals surface area contributed by atoms with E-state index in [0.29, 0.717) is 21.7 Å². The molecule has 0 radical (unpaired) electrons. The van der Waals surface area contributed by atoms with E-state index >= 15 is 0 Å². The van der Waals surface area contributed by atoms with Crippen LogP contribution in [0.1, 0.15) is 18.5 Å². The van der Waals surface area contributed by atoms with Gasteiger partial charge in [-0.25, -0.2) is 9.97 Å². The predicted molar refractivity (Wildman–Crippen MR) is 131 cm³/mol. The van der Waals surface area contributed by atoms with Crippen LogP contribution in [0.3, 0.4) is 0 Å². The molecule has 0 saturated heterocycles. The number of carbonyl (C=O) groups excluding carboxylic acids is 2. The first-order valence-electron chi connectivity index (χ1n) is 10.8. The van der Waals surface area contributed by atoms with E-state index in [-0.39, 0.29) is 24.3 Å². The van der Waals surface area contributed by atoms with E-state index in [1.54, 1.807) is 0 Å². The van der Waals surface area contributed by atoms with Gasteiger partial charge in [-0.1, -0.05) is 66.4 Å². The fourth-order valence-electron chi connectivity index (χ4n) is 3.91. The molecule has 0 aliphatic heterocycles. The molecular formula is C26H21N3O4S. The Kier molecular flexibility index (Phi) is 6.14. The number of ether oxygens (including phenoxy) is 1. The Balaban J connectivity index is 1.17. The third-order valence-electron chi connectivity index (χ3n) is 5.48. The normalized spacial score (nSPS) is 12.1. The molecule has 0 aliphatic carbocycles. The van der Waals surface area contributed by atoms with Crippen LogP contribution in [0, 0.1) is 0 Å². The van der Waals surface area contributed by atoms with Crippen LogP contribution in [0.2, 0.25) is 0 Å². The molecule has 1 N–H and O–H groups in total. The molecule has 170 valence electrons. The topological polar surface area (TPSA) is 94.3 Å². The minimum Gasteiger partial charge on any atom is -0.455 e. The number of nitrogens with one attached hydrogen (secondary N) is 1. The lowest BCUT2D eigenvalue weighted by atomic mass is 10.00. The summed E-state index contributed by atoms with van der Waals surface area (Å²) < 4.78 is 11.0. The maximum absolute atomic E-state index is 12.4. The van der Waals surface area contributed by atoms with Crippen LogP contribution in [0.5, 0.6) is 0 Å². The van der Waals surface area contributed by atoms with E-state index < -0.39 is 5.97 Å². The Bertz CT molecular complexity index is 1510. The van der Waals surface area contributed by atoms with Gasteiger partial charge in [0, 0.05) is 5.39 Å². The first kappa shape index (κ1) is 21.9. The minimum atomic E-state index is -0.513. The molecule has 5 rings (SSSR count). The lowest BCUT2D eigenvalue weighted by Gasteiger charge is -2.16. The average molecular weight is 472 g/mol. The number of carbonyl (C=O) groups is 2. The lowest BCUT2D eigenvalue weighted by Crippen LogP contribution is -2.31. The number of rotatable bonds is 7. The number of hydrogen-bond acceptors (Lipinski definition) is 7. The number of furan rings is 1. The molecule has 1 atom stereocenters. The summed E-state index contributed by atoms with van der Waals surface area (Å²) in [7, 11) is 0. The Hall–Kier alpha value is -3.91. The number of nitrogens with zero attached hydrogens (tertiary/aromatic N) is 2. The molecule has 1 amide bonds. The summed E-state index contributed by atoms with van der Waals surface area (Å²) >= 11 is 1.19. The fourth-order valence-corrected chi connectivity index (χ4v) is 4.64. The van der Waals surface area contributed by atoms with Gasteiger partial charge >= 0.3 is 5.97 Å². The van der Waals surface area contributed by atoms with Gasteiger partial charge in [0.25, 0.3) is 5.91 Å². The lowest BCUT2D eigenvalue weighted by molar-refractivity contribution is -0.146. The van der Waals surface area contributed by atoms with Gasteiger partial charge in [-0.2, -0.15) is 0 Å². The third-order valence-corrected chi connectivity index (χ3v) is 6.43. The maximum atomic E-state index is 12.4. The molecule has 1 unspecified atom stereocenters. The van der Waals surface area contributed by atoms with Gasteiger partial charge in [0.2, 0.25) is 0 Å². The number of hydrogen-bond donors (Lipinski definition) is 1. The van der Waals surface area contributed by atoms with Crippen molar-refractivity contribution >= 4 is 56.5 Å². The van der Waals surface area contributed by atoms with Crippen LogP contribution in [-0.4, -0.2) is 34.2 Å². The van der Waals surface area contributed by atoms with Crippen molar-refractivity contribution < 1.29 is 18.7 Å². The summed E-state index contributed by atoms with van der Waals surface area (Å²) in [6.45, 7) is 1.56. The third kappa shape index (κ3) is 4.45. The molecule has 3 aromatic carbocycles. The van der Waals surface area contributed by atoms with E-state index in [1.807, 2.05) is 73.7 Å². The van der Waals surface area contributed by atoms with Crippen molar-refractivity contribution in [3.63, 3.8) is 0 Å². The highest BCUT2D eigenvalue weighted by atomic mass is 32.2. The Labute approximate surface area is 199 Å². The van der Waals surface area contributed by atoms with Crippen molar-refractivity contribution in [2.75, 3.05) is 12.4 Å². The standard InChI is InChI=1S/C26H21N3O4S/c1-16(18-11-6-8-17-7-2-3-9-19(17)18)29-22(30)13-32-23(31)14-34-26-25-24(27-15-28-26)20-10-4-5-12-21(20)33-25/h2-12,15-16H,13-14H2,1H3,(H,29,30). The Morgan fingerprint density at radius 2 is 1.76 bits per heavy atom. The van der Waals surface area contributed by atoms with Crippen molar-refractivity contribution in [3.8, 4) is 0 Å². The van der Waals surface area contributed by atoms with Crippen molar-refractivity contribution in [3.05, 3.63) is 78.6 Å². The van der Waals surface area contributed by atoms with Gasteiger partial charge < -0.3 is 14.5 Å². The SMILES string of the molecule is CC(NC(=O)COC(=O)CSc1ncnc2c1oc1ccccc12)c1cccc2ccccc12. The predicted octanol–water partition coefficient (Wildman–Crippen LogP) is 5.04. The van der Waals surface area contributed by atoms with Crippen molar-refractivity contribution in [2.45, 2.75) is 18.0 Å². The summed E-state index contributed by atoms with van der Waals surface area (Å²) in [5.74, 6) is -0.878. The number of aromatic nitrogens is 2. The largest absolute Gasteiger partial charge is 0.455 e. The average Bonchev–Trinajstić information content (AvgIpc) is 3.25. The van der Waals surface area contributed by atoms with Gasteiger partial charge in [0.1, 0.15) is 22.5 Å². The summed E-state index contributed by atoms with van der Waals surface area (Å²) in [4.78, 5) is 33.2. The number of para-hydroxylation sites is 1. The van der Waals surface area contributed by atoms with Crippen molar-refractivity contribution in [1.82, 2.24) is 15.3 Å². The zero-order chi connectivity index (χ0) is 23.5. The highest BCUT2D eigenvalue weighted by molar-refractivity contribution is 8.00. The van der Waals surface area contributed by atoms with Crippen molar-refractivity contribution in [2.24, 2.45) is 0 Å². The Morgan fingerprint density at radius 3 is 2.65 bits per heavy atom. The first-order chi connectivity index (χ1) is 16.6. The monoisotopic (exact) mass is 471 g/mol. The minimum absolute atomic E-state index is 0.00465. The quantitative estimate of drug-likeness (QED) is 0.202. The highest BCUT2D eigenvalue weighted by Gasteiger charge is 2.17. The summed E-state index contributed by atoms with van der Waals surface area (Å²) in [5, 5.41) is 6.52. The van der Waals surface area contributed by atoms with Crippen LogP contribution in [0.25, 0.3) is 32.8 Å². The molecule has 2 aromatic heterocycles. The van der Waals surface area contributed by atoms with Gasteiger partial charge in [-0.05, 0) is 35.4 Å². The molecule has 0 fully saturated rings. The number of amides is 1. The van der Waals surface area contributed by atoms with Crippen molar-refractivity contribution in [1.29, 1.82) is 0 Å². The molecule has 0 bridgehead atoms. The van der Waals surface area contributed by atoms with Gasteiger partial charge in [0.15, 0.2) is 12.2 Å². The number of esters is 1. The van der Waals surface area contributed by atoms with Crippen LogP contribution in [0.4, 0.5) is 0 Å². The van der Waals surface area contributed by atoms with Crippen LogP contribution in [0.15, 0.2) is 82.5 Å². The fraction of sp³-hybridized carbons (Fsp3) is 0.154. The molecular weight excluding hydrogens is 450 g/mol. The summed E-state index contributed by atoms with van der Waals surface area (Å²) in [5.41, 5.74) is 2.94.